The third kappa shape index (κ3) is 1.28. The first-order chi connectivity index (χ1) is 4.84. The van der Waals surface area contributed by atoms with Crippen molar-refractivity contribution in [3.05, 3.63) is 0 Å². The molecule has 1 radical (unpaired) electrons. The zero-order valence-corrected chi connectivity index (χ0v) is 9.42. The van der Waals surface area contributed by atoms with Gasteiger partial charge in [-0.2, -0.15) is 0 Å². The van der Waals surface area contributed by atoms with Crippen LogP contribution in [-0.4, -0.2) is 51.7 Å². The molecule has 1 saturated carbocycles. The van der Waals surface area contributed by atoms with Gasteiger partial charge in [-0.1, -0.05) is 0 Å². The number of rotatable bonds is 2. The maximum atomic E-state index is 10.5. The van der Waals surface area contributed by atoms with Gasteiger partial charge in [0.15, 0.2) is 0 Å². The molecule has 4 nitrogen and oxygen atoms in total. The molecule has 2 N–H and O–H groups in total. The summed E-state index contributed by atoms with van der Waals surface area (Å²) in [5, 5.41) is 17.3. The first-order valence-corrected chi connectivity index (χ1v) is 3.31. The van der Waals surface area contributed by atoms with E-state index in [0.29, 0.717) is 0 Å². The van der Waals surface area contributed by atoms with Crippen LogP contribution in [0.1, 0.15) is 20.3 Å². The van der Waals surface area contributed by atoms with Gasteiger partial charge in [0.25, 0.3) is 0 Å². The maximum absolute atomic E-state index is 10.5. The monoisotopic (exact) mass is 181 g/mol. The summed E-state index contributed by atoms with van der Waals surface area (Å²) < 4.78 is 0. The molecule has 0 bridgehead atoms. The van der Waals surface area contributed by atoms with Crippen LogP contribution in [0.25, 0.3) is 0 Å². The fourth-order valence-corrected chi connectivity index (χ4v) is 1.29. The zero-order valence-electron chi connectivity index (χ0n) is 7.42. The third-order valence-corrected chi connectivity index (χ3v) is 2.74. The predicted molar refractivity (Wildman–Crippen MR) is 41.9 cm³/mol. The molecule has 0 saturated heterocycles. The Morgan fingerprint density at radius 3 is 1.42 bits per heavy atom. The van der Waals surface area contributed by atoms with Crippen LogP contribution in [0.15, 0.2) is 0 Å². The third-order valence-electron chi connectivity index (χ3n) is 2.74. The number of hydrogen-bond donors (Lipinski definition) is 2. The van der Waals surface area contributed by atoms with Crippen molar-refractivity contribution in [3.63, 3.8) is 0 Å². The number of carboxylic acids is 2. The molecule has 2 atom stereocenters. The van der Waals surface area contributed by atoms with Gasteiger partial charge in [-0.15, -0.1) is 0 Å². The molecule has 5 heteroatoms. The van der Waals surface area contributed by atoms with Crippen LogP contribution in [-0.2, 0) is 9.59 Å². The van der Waals surface area contributed by atoms with Gasteiger partial charge in [0.1, 0.15) is 0 Å². The quantitative estimate of drug-likeness (QED) is 0.596. The van der Waals surface area contributed by atoms with Crippen molar-refractivity contribution >= 4 is 41.5 Å². The molecule has 0 amide bonds. The van der Waals surface area contributed by atoms with Crippen molar-refractivity contribution < 1.29 is 19.8 Å². The van der Waals surface area contributed by atoms with E-state index >= 15 is 0 Å². The molecule has 1 aliphatic carbocycles. The Labute approximate surface area is 92.2 Å². The Hall–Kier alpha value is -0.0600. The molecule has 1 rings (SSSR count). The normalized spacial score (nSPS) is 38.2. The van der Waals surface area contributed by atoms with E-state index in [2.05, 4.69) is 0 Å². The average molecular weight is 181 g/mol. The van der Waals surface area contributed by atoms with E-state index in [1.165, 1.54) is 13.8 Å². The molecule has 0 aromatic rings. The minimum atomic E-state index is -1.06. The fraction of sp³-hybridized carbons (Fsp3) is 0.714. The molecule has 0 aromatic heterocycles. The van der Waals surface area contributed by atoms with Crippen molar-refractivity contribution in [3.8, 4) is 0 Å². The van der Waals surface area contributed by atoms with Crippen molar-refractivity contribution in [2.75, 3.05) is 0 Å². The summed E-state index contributed by atoms with van der Waals surface area (Å²) >= 11 is 0. The van der Waals surface area contributed by atoms with Crippen LogP contribution in [0.4, 0.5) is 0 Å². The fourth-order valence-electron chi connectivity index (χ4n) is 1.29. The molecule has 2 unspecified atom stereocenters. The topological polar surface area (TPSA) is 74.6 Å². The van der Waals surface area contributed by atoms with Gasteiger partial charge in [-0.05, 0) is 20.3 Å². The van der Waals surface area contributed by atoms with Gasteiger partial charge in [0.05, 0.1) is 10.8 Å². The molecule has 1 fully saturated rings. The zero-order chi connectivity index (χ0) is 8.86. The van der Waals surface area contributed by atoms with E-state index in [1.807, 2.05) is 0 Å². The molecule has 0 aromatic carbocycles. The van der Waals surface area contributed by atoms with Crippen molar-refractivity contribution in [1.29, 1.82) is 0 Å². The van der Waals surface area contributed by atoms with Crippen LogP contribution in [0.3, 0.4) is 0 Å². The number of hydrogen-bond acceptors (Lipinski definition) is 2. The molecule has 0 heterocycles. The van der Waals surface area contributed by atoms with Gasteiger partial charge >= 0.3 is 11.9 Å². The van der Waals surface area contributed by atoms with Crippen LogP contribution in [0.5, 0.6) is 0 Å². The minimum Gasteiger partial charge on any atom is -0.481 e. The Morgan fingerprint density at radius 1 is 1.08 bits per heavy atom. The number of carboxylic acid groups (broad SMARTS) is 2. The van der Waals surface area contributed by atoms with E-state index in [9.17, 15) is 9.59 Å². The second-order valence-corrected chi connectivity index (χ2v) is 3.45. The average Bonchev–Trinajstić information content (AvgIpc) is 2.39. The van der Waals surface area contributed by atoms with Crippen LogP contribution in [0.2, 0.25) is 0 Å². The summed E-state index contributed by atoms with van der Waals surface area (Å²) in [4.78, 5) is 21.1. The van der Waals surface area contributed by atoms with E-state index < -0.39 is 22.8 Å². The van der Waals surface area contributed by atoms with E-state index in [1.54, 1.807) is 0 Å². The largest absolute Gasteiger partial charge is 0.481 e. The van der Waals surface area contributed by atoms with Crippen LogP contribution in [0, 0.1) is 10.8 Å². The summed E-state index contributed by atoms with van der Waals surface area (Å²) in [7, 11) is 0. The maximum Gasteiger partial charge on any atom is 0.310 e. The Balaban J connectivity index is 0.00000121. The summed E-state index contributed by atoms with van der Waals surface area (Å²) in [5.41, 5.74) is -2.11. The first-order valence-electron chi connectivity index (χ1n) is 3.31. The minimum absolute atomic E-state index is 0. The van der Waals surface area contributed by atoms with E-state index in [-0.39, 0.29) is 36.0 Å². The molecule has 0 spiro atoms. The second-order valence-electron chi connectivity index (χ2n) is 3.45. The van der Waals surface area contributed by atoms with Crippen molar-refractivity contribution in [2.45, 2.75) is 20.3 Å². The standard InChI is InChI=1S/C7H10O4.Na/c1-6(4(8)9)3-7(6,2)5(10)11;/h3H2,1-2H3,(H,8,9)(H,10,11);. The van der Waals surface area contributed by atoms with Gasteiger partial charge < -0.3 is 10.2 Å². The molecule has 1 aliphatic rings. The summed E-state index contributed by atoms with van der Waals surface area (Å²) in [5.74, 6) is -2.05. The van der Waals surface area contributed by atoms with Crippen molar-refractivity contribution in [2.24, 2.45) is 10.8 Å². The SMILES string of the molecule is CC1(C(=O)O)CC1(C)C(=O)O.[Na]. The number of carbonyl (C=O) groups is 2. The van der Waals surface area contributed by atoms with Gasteiger partial charge in [-0.3, -0.25) is 9.59 Å². The Morgan fingerprint density at radius 2 is 1.33 bits per heavy atom. The summed E-state index contributed by atoms with van der Waals surface area (Å²) in [6.07, 6.45) is 0.227. The molecular formula is C7H10NaO4. The van der Waals surface area contributed by atoms with Crippen LogP contribution < -0.4 is 0 Å². The van der Waals surface area contributed by atoms with E-state index in [0.717, 1.165) is 0 Å². The van der Waals surface area contributed by atoms with Gasteiger partial charge in [0.2, 0.25) is 0 Å². The summed E-state index contributed by atoms with van der Waals surface area (Å²) in [6.45, 7) is 2.92. The predicted octanol–water partition coefficient (Wildman–Crippen LogP) is 0.191. The Kier molecular flexibility index (Phi) is 3.00. The van der Waals surface area contributed by atoms with Gasteiger partial charge in [0, 0.05) is 29.6 Å². The van der Waals surface area contributed by atoms with Crippen LogP contribution >= 0.6 is 0 Å². The van der Waals surface area contributed by atoms with Gasteiger partial charge in [-0.25, -0.2) is 0 Å². The molecule has 0 aliphatic heterocycles. The molecule has 12 heavy (non-hydrogen) atoms. The van der Waals surface area contributed by atoms with E-state index in [4.69, 9.17) is 10.2 Å². The summed E-state index contributed by atoms with van der Waals surface area (Å²) in [6, 6.07) is 0. The first kappa shape index (κ1) is 11.9. The smallest absolute Gasteiger partial charge is 0.310 e. The molecule has 63 valence electrons. The number of aliphatic carboxylic acids is 2. The Bertz CT molecular complexity index is 216. The molecular weight excluding hydrogens is 171 g/mol. The van der Waals surface area contributed by atoms with Crippen molar-refractivity contribution in [1.82, 2.24) is 0 Å². The second kappa shape index (κ2) is 3.01.